The summed E-state index contributed by atoms with van der Waals surface area (Å²) >= 11 is 0. The van der Waals surface area contributed by atoms with Crippen molar-refractivity contribution in [2.24, 2.45) is 11.7 Å². The number of rotatable bonds is 4. The smallest absolute Gasteiger partial charge is 0.0829 e. The molecule has 2 rings (SSSR count). The summed E-state index contributed by atoms with van der Waals surface area (Å²) in [4.78, 5) is 4.92. The van der Waals surface area contributed by atoms with Crippen molar-refractivity contribution in [2.45, 2.75) is 26.0 Å². The quantitative estimate of drug-likeness (QED) is 0.733. The minimum Gasteiger partial charge on any atom is -0.374 e. The molecule has 0 bridgehead atoms. The van der Waals surface area contributed by atoms with Gasteiger partial charge in [0.2, 0.25) is 0 Å². The van der Waals surface area contributed by atoms with Gasteiger partial charge in [-0.25, -0.2) is 0 Å². The third-order valence-electron chi connectivity index (χ3n) is 3.29. The topological polar surface area (TPSA) is 41.7 Å². The zero-order chi connectivity index (χ0) is 11.5. The van der Waals surface area contributed by atoms with Gasteiger partial charge in [0.05, 0.1) is 12.7 Å². The summed E-state index contributed by atoms with van der Waals surface area (Å²) in [5, 5.41) is 0. The van der Waals surface area contributed by atoms with Crippen LogP contribution in [0.5, 0.6) is 0 Å². The fraction of sp³-hybridized carbons (Fsp3) is 1.00. The van der Waals surface area contributed by atoms with Crippen molar-refractivity contribution in [3.8, 4) is 0 Å². The van der Waals surface area contributed by atoms with Crippen molar-refractivity contribution in [1.82, 2.24) is 9.80 Å². The second-order valence-electron chi connectivity index (χ2n) is 5.62. The molecule has 0 spiro atoms. The van der Waals surface area contributed by atoms with Gasteiger partial charge in [0.15, 0.2) is 0 Å². The van der Waals surface area contributed by atoms with Gasteiger partial charge < -0.3 is 10.5 Å². The summed E-state index contributed by atoms with van der Waals surface area (Å²) in [7, 11) is 0. The Bertz CT molecular complexity index is 216. The number of morpholine rings is 1. The highest BCUT2D eigenvalue weighted by Gasteiger charge is 2.28. The van der Waals surface area contributed by atoms with E-state index in [1.807, 2.05) is 0 Å². The highest BCUT2D eigenvalue weighted by Crippen LogP contribution is 2.12. The summed E-state index contributed by atoms with van der Waals surface area (Å²) in [5.74, 6) is 0.746. The number of nitrogens with zero attached hydrogens (tertiary/aromatic N) is 2. The van der Waals surface area contributed by atoms with E-state index in [4.69, 9.17) is 10.5 Å². The van der Waals surface area contributed by atoms with Crippen molar-refractivity contribution in [3.63, 3.8) is 0 Å². The number of likely N-dealkylation sites (tertiary alicyclic amines) is 1. The van der Waals surface area contributed by atoms with Gasteiger partial charge in [-0.3, -0.25) is 9.80 Å². The fourth-order valence-electron chi connectivity index (χ4n) is 2.62. The second-order valence-corrected chi connectivity index (χ2v) is 5.62. The maximum Gasteiger partial charge on any atom is 0.0829 e. The molecule has 2 heterocycles. The van der Waals surface area contributed by atoms with E-state index in [2.05, 4.69) is 23.6 Å². The molecule has 4 nitrogen and oxygen atoms in total. The van der Waals surface area contributed by atoms with Crippen molar-refractivity contribution in [2.75, 3.05) is 45.9 Å². The molecule has 2 fully saturated rings. The average Bonchev–Trinajstić information content (AvgIpc) is 2.15. The zero-order valence-electron chi connectivity index (χ0n) is 10.6. The molecular formula is C12H25N3O. The minimum absolute atomic E-state index is 0.389. The monoisotopic (exact) mass is 227 g/mol. The van der Waals surface area contributed by atoms with E-state index in [0.29, 0.717) is 12.1 Å². The van der Waals surface area contributed by atoms with Crippen LogP contribution in [0.15, 0.2) is 0 Å². The lowest BCUT2D eigenvalue weighted by Gasteiger charge is -2.41. The molecule has 0 amide bonds. The van der Waals surface area contributed by atoms with Crippen LogP contribution in [-0.4, -0.2) is 67.8 Å². The summed E-state index contributed by atoms with van der Waals surface area (Å²) in [5.41, 5.74) is 5.77. The van der Waals surface area contributed by atoms with Crippen molar-refractivity contribution in [3.05, 3.63) is 0 Å². The van der Waals surface area contributed by atoms with E-state index < -0.39 is 0 Å². The first-order valence-corrected chi connectivity index (χ1v) is 6.45. The summed E-state index contributed by atoms with van der Waals surface area (Å²) in [6.07, 6.45) is 0.389. The Hall–Kier alpha value is -0.160. The van der Waals surface area contributed by atoms with E-state index in [1.54, 1.807) is 0 Å². The van der Waals surface area contributed by atoms with Crippen molar-refractivity contribution in [1.29, 1.82) is 0 Å². The molecule has 1 unspecified atom stereocenters. The lowest BCUT2D eigenvalue weighted by molar-refractivity contribution is -0.0552. The summed E-state index contributed by atoms with van der Waals surface area (Å²) in [6, 6.07) is 0.398. The molecular weight excluding hydrogens is 202 g/mol. The Labute approximate surface area is 98.7 Å². The predicted octanol–water partition coefficient (Wildman–Crippen LogP) is -0.0139. The molecule has 0 aliphatic carbocycles. The number of ether oxygens (including phenoxy) is 1. The van der Waals surface area contributed by atoms with Gasteiger partial charge in [0.25, 0.3) is 0 Å². The maximum atomic E-state index is 5.81. The average molecular weight is 227 g/mol. The van der Waals surface area contributed by atoms with Gasteiger partial charge in [-0.15, -0.1) is 0 Å². The molecule has 4 heteroatoms. The van der Waals surface area contributed by atoms with Gasteiger partial charge in [-0.05, 0) is 5.92 Å². The zero-order valence-corrected chi connectivity index (χ0v) is 10.6. The van der Waals surface area contributed by atoms with Gasteiger partial charge >= 0.3 is 0 Å². The molecule has 16 heavy (non-hydrogen) atoms. The number of hydrogen-bond acceptors (Lipinski definition) is 4. The van der Waals surface area contributed by atoms with Crippen LogP contribution < -0.4 is 5.73 Å². The van der Waals surface area contributed by atoms with Crippen LogP contribution in [0.25, 0.3) is 0 Å². The largest absolute Gasteiger partial charge is 0.374 e. The fourth-order valence-corrected chi connectivity index (χ4v) is 2.62. The Morgan fingerprint density at radius 3 is 2.62 bits per heavy atom. The van der Waals surface area contributed by atoms with E-state index in [1.165, 1.54) is 6.54 Å². The van der Waals surface area contributed by atoms with Crippen LogP contribution in [0.2, 0.25) is 0 Å². The van der Waals surface area contributed by atoms with E-state index in [9.17, 15) is 0 Å². The predicted molar refractivity (Wildman–Crippen MR) is 65.4 cm³/mol. The standard InChI is InChI=1S/C12H25N3O/c1-10(2)5-14-3-4-16-12(8-14)9-15-6-11(13)7-15/h10-12H,3-9,13H2,1-2H3. The highest BCUT2D eigenvalue weighted by molar-refractivity contribution is 4.86. The Morgan fingerprint density at radius 1 is 1.25 bits per heavy atom. The van der Waals surface area contributed by atoms with Crippen molar-refractivity contribution >= 4 is 0 Å². The van der Waals surface area contributed by atoms with Crippen LogP contribution in [-0.2, 0) is 4.74 Å². The Morgan fingerprint density at radius 2 is 2.00 bits per heavy atom. The highest BCUT2D eigenvalue weighted by atomic mass is 16.5. The lowest BCUT2D eigenvalue weighted by atomic mass is 10.1. The SMILES string of the molecule is CC(C)CN1CCOC(CN2CC(N)C2)C1. The van der Waals surface area contributed by atoms with E-state index >= 15 is 0 Å². The Kier molecular flexibility index (Phi) is 4.19. The number of hydrogen-bond donors (Lipinski definition) is 1. The first kappa shape index (κ1) is 12.3. The lowest BCUT2D eigenvalue weighted by Crippen LogP contribution is -2.59. The van der Waals surface area contributed by atoms with E-state index in [0.717, 1.165) is 45.2 Å². The third-order valence-corrected chi connectivity index (χ3v) is 3.29. The first-order chi connectivity index (χ1) is 7.63. The van der Waals surface area contributed by atoms with Crippen LogP contribution in [0.3, 0.4) is 0 Å². The molecule has 0 aromatic heterocycles. The molecule has 0 aromatic carbocycles. The Balaban J connectivity index is 1.69. The molecule has 2 aliphatic heterocycles. The molecule has 2 saturated heterocycles. The van der Waals surface area contributed by atoms with Crippen LogP contribution in [0, 0.1) is 5.92 Å². The normalized spacial score (nSPS) is 29.6. The van der Waals surface area contributed by atoms with Crippen LogP contribution in [0.4, 0.5) is 0 Å². The van der Waals surface area contributed by atoms with Gasteiger partial charge in [-0.1, -0.05) is 13.8 Å². The summed E-state index contributed by atoms with van der Waals surface area (Å²) in [6.45, 7) is 12.0. The van der Waals surface area contributed by atoms with E-state index in [-0.39, 0.29) is 0 Å². The first-order valence-electron chi connectivity index (χ1n) is 6.45. The molecule has 2 N–H and O–H groups in total. The molecule has 0 saturated carbocycles. The van der Waals surface area contributed by atoms with Gasteiger partial charge in [-0.2, -0.15) is 0 Å². The third kappa shape index (κ3) is 3.42. The molecule has 0 aromatic rings. The van der Waals surface area contributed by atoms with Crippen LogP contribution in [0.1, 0.15) is 13.8 Å². The van der Waals surface area contributed by atoms with Crippen LogP contribution >= 0.6 is 0 Å². The maximum absolute atomic E-state index is 5.81. The number of nitrogens with two attached hydrogens (primary N) is 1. The summed E-state index contributed by atoms with van der Waals surface area (Å²) < 4.78 is 5.81. The molecule has 2 aliphatic rings. The van der Waals surface area contributed by atoms with Gasteiger partial charge in [0, 0.05) is 45.3 Å². The molecule has 0 radical (unpaired) electrons. The molecule has 94 valence electrons. The van der Waals surface area contributed by atoms with Gasteiger partial charge in [0.1, 0.15) is 0 Å². The molecule has 1 atom stereocenters. The minimum atomic E-state index is 0.389. The van der Waals surface area contributed by atoms with Crippen molar-refractivity contribution < 1.29 is 4.74 Å². The second kappa shape index (κ2) is 5.45.